The van der Waals surface area contributed by atoms with Crippen molar-refractivity contribution in [1.29, 1.82) is 0 Å². The van der Waals surface area contributed by atoms with Crippen LogP contribution in [-0.2, 0) is 19.4 Å². The second kappa shape index (κ2) is 5.32. The summed E-state index contributed by atoms with van der Waals surface area (Å²) in [5, 5.41) is 4.14. The average Bonchev–Trinajstić information content (AvgIpc) is 2.85. The van der Waals surface area contributed by atoms with Crippen LogP contribution in [0.4, 0.5) is 0 Å². The third kappa shape index (κ3) is 2.80. The van der Waals surface area contributed by atoms with Crippen LogP contribution in [0, 0.1) is 3.57 Å². The first-order valence-electron chi connectivity index (χ1n) is 6.20. The molecule has 3 rings (SSSR count). The first kappa shape index (κ1) is 12.7. The van der Waals surface area contributed by atoms with Crippen molar-refractivity contribution in [2.75, 3.05) is 6.61 Å². The van der Waals surface area contributed by atoms with Gasteiger partial charge in [0, 0.05) is 22.6 Å². The first-order chi connectivity index (χ1) is 9.22. The molecule has 0 unspecified atom stereocenters. The molecule has 1 aromatic carbocycles. The first-order valence-corrected chi connectivity index (χ1v) is 7.27. The van der Waals surface area contributed by atoms with Crippen molar-refractivity contribution in [3.8, 4) is 5.75 Å². The Hall–Kier alpha value is -1.37. The molecule has 0 bridgehead atoms. The van der Waals surface area contributed by atoms with E-state index >= 15 is 0 Å². The summed E-state index contributed by atoms with van der Waals surface area (Å²) in [6.45, 7) is 1.38. The van der Waals surface area contributed by atoms with Crippen LogP contribution in [-0.4, -0.2) is 16.4 Å². The van der Waals surface area contributed by atoms with Crippen molar-refractivity contribution in [2.45, 2.75) is 19.4 Å². The van der Waals surface area contributed by atoms with E-state index in [1.54, 1.807) is 12.3 Å². The Morgan fingerprint density at radius 3 is 3.11 bits per heavy atom. The van der Waals surface area contributed by atoms with E-state index in [-0.39, 0.29) is 5.56 Å². The van der Waals surface area contributed by atoms with Crippen molar-refractivity contribution in [2.24, 2.45) is 0 Å². The second-order valence-corrected chi connectivity index (χ2v) is 5.77. The quantitative estimate of drug-likeness (QED) is 0.779. The summed E-state index contributed by atoms with van der Waals surface area (Å²) >= 11 is 2.09. The van der Waals surface area contributed by atoms with Gasteiger partial charge in [0.05, 0.1) is 12.8 Å². The summed E-state index contributed by atoms with van der Waals surface area (Å²) in [4.78, 5) is 11.7. The maximum Gasteiger partial charge on any atom is 0.267 e. The number of hydrogen-bond acceptors (Lipinski definition) is 3. The molecule has 0 aliphatic carbocycles. The Labute approximate surface area is 124 Å². The number of aryl methyl sites for hydroxylation is 2. The molecule has 0 saturated heterocycles. The van der Waals surface area contributed by atoms with Crippen LogP contribution in [0.25, 0.3) is 0 Å². The largest absolute Gasteiger partial charge is 0.493 e. The minimum absolute atomic E-state index is 0.0450. The fraction of sp³-hybridized carbons (Fsp3) is 0.286. The van der Waals surface area contributed by atoms with Gasteiger partial charge in [-0.2, -0.15) is 5.10 Å². The van der Waals surface area contributed by atoms with E-state index in [9.17, 15) is 4.79 Å². The van der Waals surface area contributed by atoms with Crippen LogP contribution in [0.2, 0.25) is 0 Å². The van der Waals surface area contributed by atoms with Gasteiger partial charge in [0.25, 0.3) is 5.56 Å². The van der Waals surface area contributed by atoms with Gasteiger partial charge in [-0.3, -0.25) is 4.79 Å². The van der Waals surface area contributed by atoms with E-state index in [2.05, 4.69) is 39.8 Å². The number of fused-ring (bicyclic) bond motifs is 1. The molecule has 0 N–H and O–H groups in total. The zero-order valence-corrected chi connectivity index (χ0v) is 12.5. The topological polar surface area (TPSA) is 44.1 Å². The minimum Gasteiger partial charge on any atom is -0.493 e. The van der Waals surface area contributed by atoms with E-state index in [1.807, 2.05) is 6.07 Å². The number of rotatable bonds is 3. The molecule has 0 radical (unpaired) electrons. The fourth-order valence-corrected chi connectivity index (χ4v) is 2.60. The SMILES string of the molecule is O=c1cc(I)cnn1CCc1ccc2c(c1)CCO2. The molecule has 1 aliphatic rings. The standard InChI is InChI=1S/C14H13IN2O2/c15-12-8-14(18)17(16-9-12)5-3-10-1-2-13-11(7-10)4-6-19-13/h1-2,7-9H,3-6H2. The van der Waals surface area contributed by atoms with Gasteiger partial charge in [-0.1, -0.05) is 12.1 Å². The highest BCUT2D eigenvalue weighted by molar-refractivity contribution is 14.1. The lowest BCUT2D eigenvalue weighted by Crippen LogP contribution is -2.23. The molecule has 0 spiro atoms. The average molecular weight is 368 g/mol. The summed E-state index contributed by atoms with van der Waals surface area (Å²) in [6, 6.07) is 7.84. The van der Waals surface area contributed by atoms with Crippen LogP contribution in [0.15, 0.2) is 35.3 Å². The molecule has 98 valence electrons. The summed E-state index contributed by atoms with van der Waals surface area (Å²) in [5.74, 6) is 0.994. The highest BCUT2D eigenvalue weighted by Crippen LogP contribution is 2.25. The van der Waals surface area contributed by atoms with Gasteiger partial charge >= 0.3 is 0 Å². The monoisotopic (exact) mass is 368 g/mol. The van der Waals surface area contributed by atoms with Gasteiger partial charge in [0.15, 0.2) is 0 Å². The zero-order valence-electron chi connectivity index (χ0n) is 10.3. The Kier molecular flexibility index (Phi) is 3.54. The van der Waals surface area contributed by atoms with Gasteiger partial charge < -0.3 is 4.74 Å². The third-order valence-corrected chi connectivity index (χ3v) is 3.79. The molecule has 0 atom stereocenters. The van der Waals surface area contributed by atoms with Crippen molar-refractivity contribution >= 4 is 22.6 Å². The van der Waals surface area contributed by atoms with Gasteiger partial charge in [-0.15, -0.1) is 0 Å². The molecular weight excluding hydrogens is 355 g/mol. The zero-order chi connectivity index (χ0) is 13.2. The van der Waals surface area contributed by atoms with Crippen LogP contribution < -0.4 is 10.3 Å². The number of hydrogen-bond donors (Lipinski definition) is 0. The number of halogens is 1. The van der Waals surface area contributed by atoms with Gasteiger partial charge in [0.1, 0.15) is 5.75 Å². The van der Waals surface area contributed by atoms with Gasteiger partial charge in [-0.25, -0.2) is 4.68 Å². The van der Waals surface area contributed by atoms with Crippen molar-refractivity contribution in [3.05, 3.63) is 55.5 Å². The van der Waals surface area contributed by atoms with Crippen LogP contribution in [0.5, 0.6) is 5.75 Å². The Morgan fingerprint density at radius 1 is 1.37 bits per heavy atom. The van der Waals surface area contributed by atoms with Crippen LogP contribution in [0.3, 0.4) is 0 Å². The smallest absolute Gasteiger partial charge is 0.267 e. The highest BCUT2D eigenvalue weighted by Gasteiger charge is 2.11. The molecule has 19 heavy (non-hydrogen) atoms. The molecule has 1 aromatic heterocycles. The molecule has 2 heterocycles. The predicted octanol–water partition coefficient (Wildman–Crippen LogP) is 2.03. The van der Waals surface area contributed by atoms with Gasteiger partial charge in [-0.05, 0) is 46.2 Å². The normalized spacial score (nSPS) is 13.1. The lowest BCUT2D eigenvalue weighted by molar-refractivity contribution is 0.357. The molecule has 0 fully saturated rings. The van der Waals surface area contributed by atoms with Crippen LogP contribution >= 0.6 is 22.6 Å². The molecule has 2 aromatic rings. The van der Waals surface area contributed by atoms with E-state index in [4.69, 9.17) is 4.74 Å². The molecule has 5 heteroatoms. The van der Waals surface area contributed by atoms with Crippen molar-refractivity contribution in [3.63, 3.8) is 0 Å². The van der Waals surface area contributed by atoms with Crippen molar-refractivity contribution < 1.29 is 4.74 Å². The van der Waals surface area contributed by atoms with Gasteiger partial charge in [0.2, 0.25) is 0 Å². The summed E-state index contributed by atoms with van der Waals surface area (Å²) < 4.78 is 7.85. The number of aromatic nitrogens is 2. The highest BCUT2D eigenvalue weighted by atomic mass is 127. The molecular formula is C14H13IN2O2. The second-order valence-electron chi connectivity index (χ2n) is 4.53. The number of nitrogens with zero attached hydrogens (tertiary/aromatic N) is 2. The molecule has 0 amide bonds. The lowest BCUT2D eigenvalue weighted by Gasteiger charge is -2.06. The molecule has 4 nitrogen and oxygen atoms in total. The molecule has 0 saturated carbocycles. The third-order valence-electron chi connectivity index (χ3n) is 3.20. The van der Waals surface area contributed by atoms with Crippen LogP contribution in [0.1, 0.15) is 11.1 Å². The van der Waals surface area contributed by atoms with E-state index in [0.717, 1.165) is 28.8 Å². The minimum atomic E-state index is -0.0450. The summed E-state index contributed by atoms with van der Waals surface area (Å²) in [7, 11) is 0. The predicted molar refractivity (Wildman–Crippen MR) is 80.6 cm³/mol. The number of benzene rings is 1. The Bertz CT molecular complexity index is 667. The van der Waals surface area contributed by atoms with E-state index in [0.29, 0.717) is 6.54 Å². The van der Waals surface area contributed by atoms with E-state index < -0.39 is 0 Å². The van der Waals surface area contributed by atoms with E-state index in [1.165, 1.54) is 15.8 Å². The lowest BCUT2D eigenvalue weighted by atomic mass is 10.1. The summed E-state index contributed by atoms with van der Waals surface area (Å²) in [6.07, 6.45) is 3.49. The molecule has 1 aliphatic heterocycles. The maximum atomic E-state index is 11.7. The fourth-order valence-electron chi connectivity index (χ4n) is 2.21. The Morgan fingerprint density at radius 2 is 2.26 bits per heavy atom. The Balaban J connectivity index is 1.74. The van der Waals surface area contributed by atoms with Crippen molar-refractivity contribution in [1.82, 2.24) is 9.78 Å². The summed E-state index contributed by atoms with van der Waals surface area (Å²) in [5.41, 5.74) is 2.44. The maximum absolute atomic E-state index is 11.7. The number of ether oxygens (including phenoxy) is 1.